The molecule has 2 aromatic carbocycles. The number of ether oxygens (including phenoxy) is 1. The van der Waals surface area contributed by atoms with E-state index in [1.54, 1.807) is 7.11 Å². The molecule has 0 aliphatic carbocycles. The van der Waals surface area contributed by atoms with Gasteiger partial charge in [0.25, 0.3) is 5.91 Å². The Balaban J connectivity index is 1.85. The zero-order valence-electron chi connectivity index (χ0n) is 18.9. The zero-order valence-corrected chi connectivity index (χ0v) is 20.4. The number of halogens is 1. The van der Waals surface area contributed by atoms with Crippen LogP contribution in [0, 0.1) is 6.92 Å². The van der Waals surface area contributed by atoms with Crippen LogP contribution in [0.3, 0.4) is 0 Å². The highest BCUT2D eigenvalue weighted by Crippen LogP contribution is 2.27. The van der Waals surface area contributed by atoms with Crippen LogP contribution < -0.4 is 10.1 Å². The predicted molar refractivity (Wildman–Crippen MR) is 127 cm³/mol. The Morgan fingerprint density at radius 2 is 1.81 bits per heavy atom. The van der Waals surface area contributed by atoms with E-state index >= 15 is 0 Å². The molecule has 1 amide bonds. The number of sulfonamides is 1. The molecule has 0 unspecified atom stereocenters. The monoisotopic (exact) mass is 478 g/mol. The maximum absolute atomic E-state index is 13.2. The van der Waals surface area contributed by atoms with Crippen molar-refractivity contribution in [2.45, 2.75) is 56.9 Å². The molecule has 0 saturated carbocycles. The Morgan fingerprint density at radius 1 is 1.12 bits per heavy atom. The summed E-state index contributed by atoms with van der Waals surface area (Å²) in [6, 6.07) is 9.89. The molecule has 1 N–H and O–H groups in total. The van der Waals surface area contributed by atoms with Gasteiger partial charge in [0.2, 0.25) is 10.0 Å². The van der Waals surface area contributed by atoms with Gasteiger partial charge in [0.15, 0.2) is 0 Å². The number of aryl methyl sites for hydroxylation is 1. The lowest BCUT2D eigenvalue weighted by Gasteiger charge is -2.21. The first kappa shape index (κ1) is 24.6. The van der Waals surface area contributed by atoms with E-state index in [2.05, 4.69) is 5.32 Å². The first-order chi connectivity index (χ1) is 15.3. The molecule has 3 rings (SSSR count). The maximum Gasteiger partial charge on any atom is 0.253 e. The Kier molecular flexibility index (Phi) is 8.20. The summed E-state index contributed by atoms with van der Waals surface area (Å²) in [5, 5.41) is 3.22. The smallest absolute Gasteiger partial charge is 0.253 e. The molecule has 1 heterocycles. The van der Waals surface area contributed by atoms with E-state index in [9.17, 15) is 13.2 Å². The van der Waals surface area contributed by atoms with E-state index in [1.807, 2.05) is 32.0 Å². The highest BCUT2D eigenvalue weighted by atomic mass is 35.5. The minimum atomic E-state index is -3.68. The number of hydrogen-bond donors (Lipinski definition) is 1. The van der Waals surface area contributed by atoms with Crippen molar-refractivity contribution in [2.24, 2.45) is 0 Å². The number of nitrogens with zero attached hydrogens (tertiary/aromatic N) is 1. The van der Waals surface area contributed by atoms with Crippen molar-refractivity contribution in [3.8, 4) is 5.75 Å². The van der Waals surface area contributed by atoms with Crippen molar-refractivity contribution in [3.05, 3.63) is 58.1 Å². The fourth-order valence-electron chi connectivity index (χ4n) is 4.05. The van der Waals surface area contributed by atoms with Crippen molar-refractivity contribution in [3.63, 3.8) is 0 Å². The summed E-state index contributed by atoms with van der Waals surface area (Å²) < 4.78 is 33.2. The summed E-state index contributed by atoms with van der Waals surface area (Å²) in [6.45, 7) is 4.93. The van der Waals surface area contributed by atoms with E-state index in [4.69, 9.17) is 16.3 Å². The topological polar surface area (TPSA) is 75.7 Å². The minimum Gasteiger partial charge on any atom is -0.496 e. The largest absolute Gasteiger partial charge is 0.496 e. The number of benzene rings is 2. The van der Waals surface area contributed by atoms with Crippen LogP contribution in [0.4, 0.5) is 0 Å². The number of nitrogens with one attached hydrogen (secondary N) is 1. The van der Waals surface area contributed by atoms with Gasteiger partial charge in [0.1, 0.15) is 5.75 Å². The van der Waals surface area contributed by atoms with Crippen LogP contribution in [-0.2, 0) is 10.0 Å². The summed E-state index contributed by atoms with van der Waals surface area (Å²) >= 11 is 6.30. The summed E-state index contributed by atoms with van der Waals surface area (Å²) in [5.74, 6) is 0.382. The standard InChI is InChI=1S/C24H31ClN2O4S/c1-4-22(18-9-12-23(31-3)17(2)15-18)26-24(28)20-16-19(10-11-21(20)25)32(29,30)27-13-7-5-6-8-14-27/h9-12,15-16,22H,4-8,13-14H2,1-3H3,(H,26,28)/t22-/m0/s1. The molecule has 0 spiro atoms. The number of hydrogen-bond acceptors (Lipinski definition) is 4. The van der Waals surface area contributed by atoms with Gasteiger partial charge in [-0.3, -0.25) is 4.79 Å². The van der Waals surface area contributed by atoms with Gasteiger partial charge in [-0.25, -0.2) is 8.42 Å². The highest BCUT2D eigenvalue weighted by molar-refractivity contribution is 7.89. The predicted octanol–water partition coefficient (Wildman–Crippen LogP) is 5.10. The summed E-state index contributed by atoms with van der Waals surface area (Å²) in [7, 11) is -2.06. The fraction of sp³-hybridized carbons (Fsp3) is 0.458. The van der Waals surface area contributed by atoms with Crippen LogP contribution >= 0.6 is 11.6 Å². The average Bonchev–Trinajstić information content (AvgIpc) is 3.07. The second-order valence-electron chi connectivity index (χ2n) is 8.12. The lowest BCUT2D eigenvalue weighted by molar-refractivity contribution is 0.0935. The molecule has 1 fully saturated rings. The number of carbonyl (C=O) groups excluding carboxylic acids is 1. The summed E-state index contributed by atoms with van der Waals surface area (Å²) in [4.78, 5) is 13.2. The fourth-order valence-corrected chi connectivity index (χ4v) is 5.79. The number of carbonyl (C=O) groups is 1. The van der Waals surface area contributed by atoms with Crippen LogP contribution in [-0.4, -0.2) is 38.8 Å². The molecule has 32 heavy (non-hydrogen) atoms. The minimum absolute atomic E-state index is 0.0993. The molecule has 1 atom stereocenters. The van der Waals surface area contributed by atoms with Gasteiger partial charge in [0.05, 0.1) is 28.6 Å². The van der Waals surface area contributed by atoms with E-state index in [0.717, 1.165) is 42.6 Å². The molecule has 0 aromatic heterocycles. The van der Waals surface area contributed by atoms with E-state index < -0.39 is 15.9 Å². The van der Waals surface area contributed by atoms with Gasteiger partial charge >= 0.3 is 0 Å². The van der Waals surface area contributed by atoms with Gasteiger partial charge in [0, 0.05) is 13.1 Å². The van der Waals surface area contributed by atoms with Gasteiger partial charge in [-0.1, -0.05) is 43.5 Å². The lowest BCUT2D eigenvalue weighted by atomic mass is 10.0. The van der Waals surface area contributed by atoms with Gasteiger partial charge < -0.3 is 10.1 Å². The van der Waals surface area contributed by atoms with Gasteiger partial charge in [-0.2, -0.15) is 4.31 Å². The molecule has 2 aromatic rings. The van der Waals surface area contributed by atoms with Crippen molar-refractivity contribution in [2.75, 3.05) is 20.2 Å². The molecule has 6 nitrogen and oxygen atoms in total. The SMILES string of the molecule is CC[C@H](NC(=O)c1cc(S(=O)(=O)N2CCCCCC2)ccc1Cl)c1ccc(OC)c(C)c1. The lowest BCUT2D eigenvalue weighted by Crippen LogP contribution is -2.32. The van der Waals surface area contributed by atoms with E-state index in [-0.39, 0.29) is 21.5 Å². The quantitative estimate of drug-likeness (QED) is 0.600. The molecular weight excluding hydrogens is 448 g/mol. The van der Waals surface area contributed by atoms with Crippen LogP contribution in [0.2, 0.25) is 5.02 Å². The number of rotatable bonds is 7. The first-order valence-corrected chi connectivity index (χ1v) is 12.8. The van der Waals surface area contributed by atoms with Gasteiger partial charge in [-0.15, -0.1) is 0 Å². The highest BCUT2D eigenvalue weighted by Gasteiger charge is 2.27. The van der Waals surface area contributed by atoms with E-state index in [0.29, 0.717) is 19.5 Å². The molecule has 1 aliphatic rings. The first-order valence-electron chi connectivity index (χ1n) is 11.0. The zero-order chi connectivity index (χ0) is 23.3. The molecular formula is C24H31ClN2O4S. The average molecular weight is 479 g/mol. The van der Waals surface area contributed by atoms with Crippen molar-refractivity contribution in [1.82, 2.24) is 9.62 Å². The Morgan fingerprint density at radius 3 is 2.41 bits per heavy atom. The molecule has 174 valence electrons. The second kappa shape index (κ2) is 10.7. The molecule has 1 saturated heterocycles. The van der Waals surface area contributed by atoms with Crippen molar-refractivity contribution < 1.29 is 17.9 Å². The third-order valence-electron chi connectivity index (χ3n) is 5.92. The van der Waals surface area contributed by atoms with Gasteiger partial charge in [-0.05, 0) is 61.6 Å². The van der Waals surface area contributed by atoms with Crippen molar-refractivity contribution >= 4 is 27.5 Å². The van der Waals surface area contributed by atoms with Crippen LogP contribution in [0.25, 0.3) is 0 Å². The summed E-state index contributed by atoms with van der Waals surface area (Å²) in [6.07, 6.45) is 4.42. The maximum atomic E-state index is 13.2. The number of amides is 1. The molecule has 0 bridgehead atoms. The van der Waals surface area contributed by atoms with Crippen LogP contribution in [0.5, 0.6) is 5.75 Å². The third kappa shape index (κ3) is 5.45. The number of methoxy groups -OCH3 is 1. The van der Waals surface area contributed by atoms with Crippen molar-refractivity contribution in [1.29, 1.82) is 0 Å². The molecule has 8 heteroatoms. The second-order valence-corrected chi connectivity index (χ2v) is 10.5. The Hall–Kier alpha value is -2.09. The normalized spacial score (nSPS) is 16.2. The van der Waals surface area contributed by atoms with E-state index in [1.165, 1.54) is 22.5 Å². The Bertz CT molecular complexity index is 1060. The third-order valence-corrected chi connectivity index (χ3v) is 8.14. The van der Waals surface area contributed by atoms with Crippen LogP contribution in [0.1, 0.15) is 66.6 Å². The molecule has 1 aliphatic heterocycles. The van der Waals surface area contributed by atoms with Crippen LogP contribution in [0.15, 0.2) is 41.3 Å². The molecule has 0 radical (unpaired) electrons. The Labute approximate surface area is 196 Å². The summed E-state index contributed by atoms with van der Waals surface area (Å²) in [5.41, 5.74) is 2.08.